The van der Waals surface area contributed by atoms with Crippen molar-refractivity contribution in [3.8, 4) is 0 Å². The number of nitrogens with zero attached hydrogens (tertiary/aromatic N) is 2. The molecule has 0 spiro atoms. The molecule has 0 fully saturated rings. The van der Waals surface area contributed by atoms with E-state index in [4.69, 9.17) is 0 Å². The predicted molar refractivity (Wildman–Crippen MR) is 63.7 cm³/mol. The van der Waals surface area contributed by atoms with E-state index in [1.54, 1.807) is 6.92 Å². The van der Waals surface area contributed by atoms with Crippen molar-refractivity contribution in [1.29, 1.82) is 0 Å². The van der Waals surface area contributed by atoms with Gasteiger partial charge < -0.3 is 0 Å². The molecule has 0 atom stereocenters. The fourth-order valence-corrected chi connectivity index (χ4v) is 1.57. The number of aryl methyl sites for hydroxylation is 1. The molecule has 2 rings (SSSR count). The van der Waals surface area contributed by atoms with Gasteiger partial charge in [-0.2, -0.15) is 10.2 Å². The second-order valence-corrected chi connectivity index (χ2v) is 4.00. The predicted octanol–water partition coefficient (Wildman–Crippen LogP) is -0.904. The van der Waals surface area contributed by atoms with Crippen molar-refractivity contribution < 1.29 is 14.4 Å². The average Bonchev–Trinajstić information content (AvgIpc) is 2.41. The number of hydrogen-bond donors (Lipinski definition) is 2. The average molecular weight is 262 g/mol. The number of Topliss-reactive ketones (excluding diaryl/α,β-unsaturated/α-hetero) is 2. The van der Waals surface area contributed by atoms with Gasteiger partial charge in [-0.05, 0) is 13.0 Å². The third-order valence-electron chi connectivity index (χ3n) is 2.55. The first kappa shape index (κ1) is 12.8. The summed E-state index contributed by atoms with van der Waals surface area (Å²) in [5.74, 6) is -2.17. The van der Waals surface area contributed by atoms with E-state index in [0.29, 0.717) is 5.69 Å². The lowest BCUT2D eigenvalue weighted by Crippen LogP contribution is -2.35. The molecule has 1 amide bonds. The molecule has 98 valence electrons. The lowest BCUT2D eigenvalue weighted by molar-refractivity contribution is -0.121. The van der Waals surface area contributed by atoms with Crippen LogP contribution in [0.2, 0.25) is 0 Å². The molecule has 0 unspecified atom stereocenters. The van der Waals surface area contributed by atoms with E-state index in [0.717, 1.165) is 0 Å². The maximum Gasteiger partial charge on any atom is 0.275 e. The zero-order chi connectivity index (χ0) is 14.0. The van der Waals surface area contributed by atoms with Gasteiger partial charge in [-0.1, -0.05) is 0 Å². The molecule has 2 heterocycles. The number of hydrazone groups is 1. The van der Waals surface area contributed by atoms with Gasteiger partial charge in [0.2, 0.25) is 17.5 Å². The molecule has 1 aliphatic rings. The number of aromatic amines is 1. The van der Waals surface area contributed by atoms with Crippen LogP contribution in [0.15, 0.2) is 16.0 Å². The molecule has 0 bridgehead atoms. The number of amides is 1. The zero-order valence-electron chi connectivity index (χ0n) is 10.0. The Balaban J connectivity index is 2.29. The zero-order valence-corrected chi connectivity index (χ0v) is 10.0. The third kappa shape index (κ3) is 2.62. The largest absolute Gasteiger partial charge is 0.285 e. The summed E-state index contributed by atoms with van der Waals surface area (Å²) in [6.45, 7) is 1.58. The molecule has 1 aromatic heterocycles. The molecule has 8 nitrogen and oxygen atoms in total. The van der Waals surface area contributed by atoms with Crippen LogP contribution < -0.4 is 11.0 Å². The number of aromatic nitrogens is 2. The summed E-state index contributed by atoms with van der Waals surface area (Å²) in [5, 5.41) is 9.27. The van der Waals surface area contributed by atoms with Crippen LogP contribution in [0, 0.1) is 6.92 Å². The number of carbonyl (C=O) groups excluding carboxylic acids is 3. The lowest BCUT2D eigenvalue weighted by atomic mass is 10.0. The SMILES string of the molecule is Cc1cc(C(=O)C(=O)C2=NNC(=O)CC2)c(=O)[nH]n1. The highest BCUT2D eigenvalue weighted by Gasteiger charge is 2.27. The topological polar surface area (TPSA) is 121 Å². The maximum absolute atomic E-state index is 11.9. The van der Waals surface area contributed by atoms with Crippen LogP contribution in [0.1, 0.15) is 28.9 Å². The minimum atomic E-state index is -0.957. The van der Waals surface area contributed by atoms with Crippen LogP contribution in [0.5, 0.6) is 0 Å². The first-order valence-corrected chi connectivity index (χ1v) is 5.50. The second-order valence-electron chi connectivity index (χ2n) is 4.00. The summed E-state index contributed by atoms with van der Waals surface area (Å²) in [6, 6.07) is 1.24. The summed E-state index contributed by atoms with van der Waals surface area (Å²) in [6.07, 6.45) is 0.169. The fourth-order valence-electron chi connectivity index (χ4n) is 1.57. The van der Waals surface area contributed by atoms with Crippen molar-refractivity contribution in [2.24, 2.45) is 5.10 Å². The summed E-state index contributed by atoms with van der Waals surface area (Å²) in [4.78, 5) is 46.1. The van der Waals surface area contributed by atoms with Crippen LogP contribution in [0.4, 0.5) is 0 Å². The van der Waals surface area contributed by atoms with E-state index < -0.39 is 17.1 Å². The number of rotatable bonds is 3. The second kappa shape index (κ2) is 4.92. The minimum Gasteiger partial charge on any atom is -0.285 e. The monoisotopic (exact) mass is 262 g/mol. The molecular weight excluding hydrogens is 252 g/mol. The molecule has 8 heteroatoms. The van der Waals surface area contributed by atoms with E-state index >= 15 is 0 Å². The van der Waals surface area contributed by atoms with E-state index in [1.165, 1.54) is 6.07 Å². The standard InChI is InChI=1S/C11H10N4O4/c1-5-4-6(11(19)15-12-5)9(17)10(18)7-2-3-8(16)14-13-7/h4H,2-3H2,1H3,(H,14,16)(H,15,19). The first-order chi connectivity index (χ1) is 8.99. The van der Waals surface area contributed by atoms with Gasteiger partial charge in [0, 0.05) is 12.8 Å². The summed E-state index contributed by atoms with van der Waals surface area (Å²) in [7, 11) is 0. The van der Waals surface area contributed by atoms with Crippen molar-refractivity contribution in [3.05, 3.63) is 27.7 Å². The molecule has 0 aromatic carbocycles. The summed E-state index contributed by atoms with van der Waals surface area (Å²) < 4.78 is 0. The molecule has 2 N–H and O–H groups in total. The number of carbonyl (C=O) groups is 3. The van der Waals surface area contributed by atoms with Crippen molar-refractivity contribution in [2.45, 2.75) is 19.8 Å². The Morgan fingerprint density at radius 2 is 1.95 bits per heavy atom. The van der Waals surface area contributed by atoms with Gasteiger partial charge in [-0.3, -0.25) is 19.2 Å². The Morgan fingerprint density at radius 3 is 2.58 bits per heavy atom. The van der Waals surface area contributed by atoms with Gasteiger partial charge in [-0.15, -0.1) is 0 Å². The van der Waals surface area contributed by atoms with Gasteiger partial charge in [0.05, 0.1) is 11.3 Å². The van der Waals surface area contributed by atoms with Crippen molar-refractivity contribution in [2.75, 3.05) is 0 Å². The molecular formula is C11H10N4O4. The molecule has 0 saturated carbocycles. The lowest BCUT2D eigenvalue weighted by Gasteiger charge is -2.09. The van der Waals surface area contributed by atoms with Gasteiger partial charge in [0.1, 0.15) is 5.71 Å². The van der Waals surface area contributed by atoms with Crippen molar-refractivity contribution >= 4 is 23.2 Å². The number of hydrogen-bond acceptors (Lipinski definition) is 6. The van der Waals surface area contributed by atoms with Crippen LogP contribution in [0.3, 0.4) is 0 Å². The Kier molecular flexibility index (Phi) is 3.32. The normalized spacial score (nSPS) is 14.6. The summed E-state index contributed by atoms with van der Waals surface area (Å²) in [5.41, 5.74) is 1.47. The summed E-state index contributed by atoms with van der Waals surface area (Å²) >= 11 is 0. The number of nitrogens with one attached hydrogen (secondary N) is 2. The van der Waals surface area contributed by atoms with Gasteiger partial charge in [-0.25, -0.2) is 10.5 Å². The van der Waals surface area contributed by atoms with E-state index in [1.807, 2.05) is 0 Å². The third-order valence-corrected chi connectivity index (χ3v) is 2.55. The number of ketones is 2. The highest BCUT2D eigenvalue weighted by Crippen LogP contribution is 2.04. The Hall–Kier alpha value is -2.64. The van der Waals surface area contributed by atoms with Crippen LogP contribution in [-0.4, -0.2) is 33.4 Å². The van der Waals surface area contributed by atoms with Gasteiger partial charge >= 0.3 is 0 Å². The first-order valence-electron chi connectivity index (χ1n) is 5.50. The number of H-pyrrole nitrogens is 1. The van der Waals surface area contributed by atoms with E-state index in [-0.39, 0.29) is 30.0 Å². The van der Waals surface area contributed by atoms with Crippen LogP contribution in [-0.2, 0) is 9.59 Å². The Labute approximate surface area is 106 Å². The molecule has 19 heavy (non-hydrogen) atoms. The maximum atomic E-state index is 11.9. The van der Waals surface area contributed by atoms with Crippen LogP contribution >= 0.6 is 0 Å². The quantitative estimate of drug-likeness (QED) is 0.539. The molecule has 1 aromatic rings. The highest BCUT2D eigenvalue weighted by molar-refractivity contribution is 6.68. The van der Waals surface area contributed by atoms with Crippen molar-refractivity contribution in [1.82, 2.24) is 15.6 Å². The van der Waals surface area contributed by atoms with Crippen LogP contribution in [0.25, 0.3) is 0 Å². The molecule has 0 radical (unpaired) electrons. The fraction of sp³-hybridized carbons (Fsp3) is 0.273. The van der Waals surface area contributed by atoms with Gasteiger partial charge in [0.25, 0.3) is 5.56 Å². The Bertz CT molecular complexity index is 659. The van der Waals surface area contributed by atoms with E-state index in [2.05, 4.69) is 20.7 Å². The molecule has 1 aliphatic heterocycles. The van der Waals surface area contributed by atoms with Crippen molar-refractivity contribution in [3.63, 3.8) is 0 Å². The minimum absolute atomic E-state index is 0.0570. The van der Waals surface area contributed by atoms with Gasteiger partial charge in [0.15, 0.2) is 0 Å². The Morgan fingerprint density at radius 1 is 1.21 bits per heavy atom. The molecule has 0 saturated heterocycles. The highest BCUT2D eigenvalue weighted by atomic mass is 16.2. The molecule has 0 aliphatic carbocycles. The van der Waals surface area contributed by atoms with E-state index in [9.17, 15) is 19.2 Å². The smallest absolute Gasteiger partial charge is 0.275 e.